The van der Waals surface area contributed by atoms with Crippen molar-refractivity contribution in [2.24, 2.45) is 4.40 Å². The summed E-state index contributed by atoms with van der Waals surface area (Å²) >= 11 is 0. The summed E-state index contributed by atoms with van der Waals surface area (Å²) in [6.45, 7) is 2.07. The Morgan fingerprint density at radius 3 is 2.73 bits per heavy atom. The van der Waals surface area contributed by atoms with Crippen molar-refractivity contribution in [2.45, 2.75) is 43.6 Å². The molecule has 140 valence electrons. The minimum absolute atomic E-state index is 0.0247. The monoisotopic (exact) mass is 380 g/mol. The van der Waals surface area contributed by atoms with Gasteiger partial charge in [-0.1, -0.05) is 6.42 Å². The lowest BCUT2D eigenvalue weighted by molar-refractivity contribution is -0.149. The molecule has 3 rings (SSSR count). The third kappa shape index (κ3) is 3.44. The van der Waals surface area contributed by atoms with Gasteiger partial charge in [0.25, 0.3) is 10.0 Å². The molecular weight excluding hydrogens is 360 g/mol. The summed E-state index contributed by atoms with van der Waals surface area (Å²) in [5.41, 5.74) is 0.561. The zero-order valence-corrected chi connectivity index (χ0v) is 15.4. The fourth-order valence-electron chi connectivity index (χ4n) is 3.05. The van der Waals surface area contributed by atoms with Crippen molar-refractivity contribution in [2.75, 3.05) is 18.6 Å². The summed E-state index contributed by atoms with van der Waals surface area (Å²) in [5.74, 6) is -0.945. The van der Waals surface area contributed by atoms with Crippen LogP contribution in [0.3, 0.4) is 0 Å². The number of anilines is 1. The van der Waals surface area contributed by atoms with Crippen LogP contribution >= 0.6 is 0 Å². The lowest BCUT2D eigenvalue weighted by Crippen LogP contribution is -2.35. The summed E-state index contributed by atoms with van der Waals surface area (Å²) < 4.78 is 38.6. The predicted molar refractivity (Wildman–Crippen MR) is 93.8 cm³/mol. The zero-order valence-electron chi connectivity index (χ0n) is 14.6. The molecule has 0 radical (unpaired) electrons. The molecule has 0 amide bonds. The second kappa shape index (κ2) is 7.06. The molecule has 9 heteroatoms. The van der Waals surface area contributed by atoms with E-state index in [0.29, 0.717) is 24.5 Å². The predicted octanol–water partition coefficient (Wildman–Crippen LogP) is 1.89. The number of rotatable bonds is 3. The van der Waals surface area contributed by atoms with Crippen molar-refractivity contribution in [3.05, 3.63) is 23.8 Å². The van der Waals surface area contributed by atoms with Crippen LogP contribution in [0.5, 0.6) is 0 Å². The van der Waals surface area contributed by atoms with E-state index in [1.165, 1.54) is 26.2 Å². The highest BCUT2D eigenvalue weighted by atomic mass is 32.2. The van der Waals surface area contributed by atoms with E-state index < -0.39 is 28.1 Å². The van der Waals surface area contributed by atoms with Gasteiger partial charge in [0.05, 0.1) is 18.4 Å². The second-order valence-corrected chi connectivity index (χ2v) is 7.77. The number of carbonyl (C=O) groups is 2. The van der Waals surface area contributed by atoms with E-state index in [9.17, 15) is 18.0 Å². The fraction of sp³-hybridized carbons (Fsp3) is 0.471. The number of hydrogen-bond donors (Lipinski definition) is 0. The van der Waals surface area contributed by atoms with Gasteiger partial charge < -0.3 is 14.4 Å². The zero-order chi connectivity index (χ0) is 18.9. The highest BCUT2D eigenvalue weighted by Crippen LogP contribution is 2.35. The molecule has 2 heterocycles. The van der Waals surface area contributed by atoms with E-state index in [4.69, 9.17) is 4.74 Å². The molecule has 1 aromatic rings. The van der Waals surface area contributed by atoms with Gasteiger partial charge in [0, 0.05) is 13.0 Å². The van der Waals surface area contributed by atoms with Crippen molar-refractivity contribution in [3.8, 4) is 0 Å². The first-order valence-electron chi connectivity index (χ1n) is 8.38. The average molecular weight is 380 g/mol. The van der Waals surface area contributed by atoms with Crippen molar-refractivity contribution < 1.29 is 27.5 Å². The lowest BCUT2D eigenvalue weighted by atomic mass is 10.1. The van der Waals surface area contributed by atoms with Crippen LogP contribution in [-0.4, -0.2) is 46.0 Å². The molecule has 0 spiro atoms. The average Bonchev–Trinajstić information content (AvgIpc) is 2.85. The van der Waals surface area contributed by atoms with Crippen LogP contribution in [0, 0.1) is 0 Å². The summed E-state index contributed by atoms with van der Waals surface area (Å²) in [6, 6.07) is 4.34. The van der Waals surface area contributed by atoms with E-state index in [-0.39, 0.29) is 10.5 Å². The van der Waals surface area contributed by atoms with E-state index in [1.54, 1.807) is 6.07 Å². The highest BCUT2D eigenvalue weighted by molar-refractivity contribution is 7.90. The molecule has 2 aliphatic rings. The molecule has 1 fully saturated rings. The molecular formula is C17H20N2O6S. The number of benzene rings is 1. The molecule has 8 nitrogen and oxygen atoms in total. The molecule has 0 N–H and O–H groups in total. The van der Waals surface area contributed by atoms with Crippen LogP contribution in [0.4, 0.5) is 5.69 Å². The number of amidine groups is 1. The Bertz CT molecular complexity index is 877. The Kier molecular flexibility index (Phi) is 4.99. The maximum atomic E-state index is 12.6. The first-order chi connectivity index (χ1) is 12.3. The smallest absolute Gasteiger partial charge is 0.346 e. The second-order valence-electron chi connectivity index (χ2n) is 6.20. The molecule has 2 aliphatic heterocycles. The Labute approximate surface area is 151 Å². The van der Waals surface area contributed by atoms with Crippen molar-refractivity contribution >= 4 is 33.5 Å². The minimum atomic E-state index is -3.89. The van der Waals surface area contributed by atoms with Crippen molar-refractivity contribution in [1.29, 1.82) is 0 Å². The molecule has 1 aromatic carbocycles. The Morgan fingerprint density at radius 1 is 1.23 bits per heavy atom. The van der Waals surface area contributed by atoms with Gasteiger partial charge in [0.15, 0.2) is 6.10 Å². The SMILES string of the molecule is COC(=O)C(C)OC(=O)c1ccc2c(c1)S(=O)(=O)N=C1CCCCCN12. The van der Waals surface area contributed by atoms with Gasteiger partial charge in [-0.3, -0.25) is 0 Å². The van der Waals surface area contributed by atoms with Crippen LogP contribution in [0.15, 0.2) is 27.5 Å². The van der Waals surface area contributed by atoms with Crippen LogP contribution < -0.4 is 4.90 Å². The molecule has 0 aliphatic carbocycles. The van der Waals surface area contributed by atoms with Gasteiger partial charge in [-0.2, -0.15) is 8.42 Å². The highest BCUT2D eigenvalue weighted by Gasteiger charge is 2.32. The van der Waals surface area contributed by atoms with Gasteiger partial charge >= 0.3 is 11.9 Å². The summed E-state index contributed by atoms with van der Waals surface area (Å²) in [7, 11) is -2.70. The molecule has 1 unspecified atom stereocenters. The third-order valence-corrected chi connectivity index (χ3v) is 5.73. The Morgan fingerprint density at radius 2 is 2.00 bits per heavy atom. The topological polar surface area (TPSA) is 102 Å². The number of hydrogen-bond acceptors (Lipinski definition) is 7. The van der Waals surface area contributed by atoms with E-state index in [0.717, 1.165) is 19.3 Å². The number of fused-ring (bicyclic) bond motifs is 3. The van der Waals surface area contributed by atoms with Gasteiger partial charge in [0.1, 0.15) is 10.7 Å². The molecule has 0 aromatic heterocycles. The van der Waals surface area contributed by atoms with Crippen LogP contribution in [0.25, 0.3) is 0 Å². The van der Waals surface area contributed by atoms with E-state index >= 15 is 0 Å². The first-order valence-corrected chi connectivity index (χ1v) is 9.82. The number of ether oxygens (including phenoxy) is 2. The summed E-state index contributed by atoms with van der Waals surface area (Å²) in [6.07, 6.45) is 2.38. The maximum Gasteiger partial charge on any atom is 0.346 e. The van der Waals surface area contributed by atoms with E-state index in [1.807, 2.05) is 4.90 Å². The lowest BCUT2D eigenvalue weighted by Gasteiger charge is -2.29. The van der Waals surface area contributed by atoms with Gasteiger partial charge in [0.2, 0.25) is 0 Å². The first kappa shape index (κ1) is 18.4. The minimum Gasteiger partial charge on any atom is -0.466 e. The molecule has 0 bridgehead atoms. The third-order valence-electron chi connectivity index (χ3n) is 4.40. The largest absolute Gasteiger partial charge is 0.466 e. The van der Waals surface area contributed by atoms with Gasteiger partial charge in [-0.25, -0.2) is 9.59 Å². The van der Waals surface area contributed by atoms with Crippen molar-refractivity contribution in [1.82, 2.24) is 0 Å². The fourth-order valence-corrected chi connectivity index (χ4v) is 4.33. The van der Waals surface area contributed by atoms with Crippen molar-refractivity contribution in [3.63, 3.8) is 0 Å². The Hall–Kier alpha value is -2.42. The van der Waals surface area contributed by atoms with Crippen LogP contribution in [-0.2, 0) is 24.3 Å². The molecule has 1 saturated heterocycles. The summed E-state index contributed by atoms with van der Waals surface area (Å²) in [5, 5.41) is 0. The van der Waals surface area contributed by atoms with E-state index in [2.05, 4.69) is 9.13 Å². The molecule has 26 heavy (non-hydrogen) atoms. The number of nitrogens with zero attached hydrogens (tertiary/aromatic N) is 2. The molecule has 0 saturated carbocycles. The number of esters is 2. The maximum absolute atomic E-state index is 12.6. The normalized spacial score (nSPS) is 19.3. The van der Waals surface area contributed by atoms with Crippen LogP contribution in [0.1, 0.15) is 43.0 Å². The standard InChI is InChI=1S/C17H20N2O6S/c1-11(16(20)24-2)25-17(21)12-7-8-13-14(10-12)26(22,23)18-15-6-4-3-5-9-19(13)15/h7-8,10-11H,3-6,9H2,1-2H3. The van der Waals surface area contributed by atoms with Gasteiger partial charge in [-0.15, -0.1) is 4.40 Å². The van der Waals surface area contributed by atoms with Gasteiger partial charge in [-0.05, 0) is 38.0 Å². The quantitative estimate of drug-likeness (QED) is 0.738. The number of carbonyl (C=O) groups excluding carboxylic acids is 2. The Balaban J connectivity index is 1.94. The van der Waals surface area contributed by atoms with Crippen LogP contribution in [0.2, 0.25) is 0 Å². The number of sulfonamides is 1. The summed E-state index contributed by atoms with van der Waals surface area (Å²) in [4.78, 5) is 25.5. The molecule has 1 atom stereocenters. The number of methoxy groups -OCH3 is 1.